The lowest BCUT2D eigenvalue weighted by Gasteiger charge is -2.21. The Morgan fingerprint density at radius 2 is 1.78 bits per heavy atom. The third kappa shape index (κ3) is 3.09. The minimum atomic E-state index is 0.646. The summed E-state index contributed by atoms with van der Waals surface area (Å²) in [6.07, 6.45) is 0. The van der Waals surface area contributed by atoms with Gasteiger partial charge in [0.25, 0.3) is 0 Å². The zero-order chi connectivity index (χ0) is 13.1. The first kappa shape index (κ1) is 13.1. The lowest BCUT2D eigenvalue weighted by Crippen LogP contribution is -2.17. The molecule has 2 nitrogen and oxygen atoms in total. The predicted octanol–water partition coefficient (Wildman–Crippen LogP) is 4.21. The molecule has 2 aromatic rings. The van der Waals surface area contributed by atoms with E-state index in [0.29, 0.717) is 10.7 Å². The lowest BCUT2D eigenvalue weighted by molar-refractivity contribution is 0.925. The van der Waals surface area contributed by atoms with Gasteiger partial charge in [0.05, 0.1) is 11.4 Å². The molecule has 0 saturated heterocycles. The third-order valence-electron chi connectivity index (χ3n) is 2.71. The van der Waals surface area contributed by atoms with Crippen molar-refractivity contribution in [3.63, 3.8) is 0 Å². The highest BCUT2D eigenvalue weighted by atomic mass is 35.5. The third-order valence-corrected chi connectivity index (χ3v) is 3.18. The second-order valence-corrected chi connectivity index (χ2v) is 5.06. The first-order valence-electron chi connectivity index (χ1n) is 5.57. The van der Waals surface area contributed by atoms with E-state index >= 15 is 0 Å². The molecular formula is C14H14Cl2N2. The fourth-order valence-electron chi connectivity index (χ4n) is 1.87. The van der Waals surface area contributed by atoms with Gasteiger partial charge in [-0.2, -0.15) is 0 Å². The van der Waals surface area contributed by atoms with Gasteiger partial charge >= 0.3 is 0 Å². The Morgan fingerprint density at radius 3 is 2.44 bits per heavy atom. The minimum absolute atomic E-state index is 0.646. The van der Waals surface area contributed by atoms with Crippen LogP contribution in [0.3, 0.4) is 0 Å². The Kier molecular flexibility index (Phi) is 4.00. The molecule has 0 radical (unpaired) electrons. The molecule has 94 valence electrons. The average molecular weight is 281 g/mol. The molecule has 0 aliphatic rings. The molecule has 0 aliphatic carbocycles. The molecule has 0 saturated carbocycles. The molecule has 0 unspecified atom stereocenters. The normalized spacial score (nSPS) is 10.4. The maximum atomic E-state index is 5.97. The molecule has 0 aliphatic heterocycles. The van der Waals surface area contributed by atoms with Crippen molar-refractivity contribution in [1.82, 2.24) is 0 Å². The van der Waals surface area contributed by atoms with E-state index in [0.717, 1.165) is 22.8 Å². The topological polar surface area (TPSA) is 29.3 Å². The van der Waals surface area contributed by atoms with Crippen LogP contribution >= 0.6 is 23.2 Å². The van der Waals surface area contributed by atoms with E-state index in [1.165, 1.54) is 0 Å². The molecule has 0 fully saturated rings. The summed E-state index contributed by atoms with van der Waals surface area (Å²) < 4.78 is 0. The summed E-state index contributed by atoms with van der Waals surface area (Å²) >= 11 is 11.9. The Morgan fingerprint density at radius 1 is 1.06 bits per heavy atom. The van der Waals surface area contributed by atoms with Crippen LogP contribution in [0.25, 0.3) is 0 Å². The van der Waals surface area contributed by atoms with Crippen molar-refractivity contribution >= 4 is 34.6 Å². The molecule has 0 spiro atoms. The maximum absolute atomic E-state index is 5.97. The number of nitrogen functional groups attached to an aromatic ring is 1. The van der Waals surface area contributed by atoms with E-state index in [1.54, 1.807) is 6.07 Å². The number of nitrogens with two attached hydrogens (primary N) is 1. The molecule has 2 N–H and O–H groups in total. The van der Waals surface area contributed by atoms with Crippen molar-refractivity contribution in [2.75, 3.05) is 17.7 Å². The van der Waals surface area contributed by atoms with Gasteiger partial charge in [-0.05, 0) is 35.9 Å². The zero-order valence-electron chi connectivity index (χ0n) is 10.0. The summed E-state index contributed by atoms with van der Waals surface area (Å²) in [7, 11) is 1.99. The van der Waals surface area contributed by atoms with E-state index < -0.39 is 0 Å². The van der Waals surface area contributed by atoms with Gasteiger partial charge in [0.2, 0.25) is 0 Å². The van der Waals surface area contributed by atoms with Gasteiger partial charge < -0.3 is 10.6 Å². The van der Waals surface area contributed by atoms with Crippen molar-refractivity contribution in [3.05, 3.63) is 58.1 Å². The molecule has 18 heavy (non-hydrogen) atoms. The zero-order valence-corrected chi connectivity index (χ0v) is 11.5. The number of hydrogen-bond donors (Lipinski definition) is 1. The van der Waals surface area contributed by atoms with E-state index in [-0.39, 0.29) is 0 Å². The number of nitrogens with zero attached hydrogens (tertiary/aromatic N) is 1. The summed E-state index contributed by atoms with van der Waals surface area (Å²) in [4.78, 5) is 2.07. The van der Waals surface area contributed by atoms with E-state index in [4.69, 9.17) is 28.9 Å². The Balaban J connectivity index is 2.19. The van der Waals surface area contributed by atoms with Gasteiger partial charge in [-0.15, -0.1) is 0 Å². The second-order valence-electron chi connectivity index (χ2n) is 4.19. The molecule has 0 heterocycles. The SMILES string of the molecule is CN(Cc1cccc(Cl)c1)c1ccc(Cl)cc1N. The summed E-state index contributed by atoms with van der Waals surface area (Å²) in [6.45, 7) is 0.742. The fraction of sp³-hybridized carbons (Fsp3) is 0.143. The smallest absolute Gasteiger partial charge is 0.0601 e. The standard InChI is InChI=1S/C14H14Cl2N2/c1-18(9-10-3-2-4-11(15)7-10)14-6-5-12(16)8-13(14)17/h2-8H,9,17H2,1H3. The van der Waals surface area contributed by atoms with Crippen molar-refractivity contribution in [2.24, 2.45) is 0 Å². The van der Waals surface area contributed by atoms with Crippen LogP contribution in [-0.4, -0.2) is 7.05 Å². The molecular weight excluding hydrogens is 267 g/mol. The van der Waals surface area contributed by atoms with Crippen LogP contribution in [0.2, 0.25) is 10.0 Å². The molecule has 0 bridgehead atoms. The van der Waals surface area contributed by atoms with Crippen molar-refractivity contribution in [2.45, 2.75) is 6.54 Å². The monoisotopic (exact) mass is 280 g/mol. The molecule has 0 amide bonds. The Labute approximate surface area is 117 Å². The number of rotatable bonds is 3. The van der Waals surface area contributed by atoms with Gasteiger partial charge in [0.1, 0.15) is 0 Å². The Hall–Kier alpha value is -1.38. The first-order chi connectivity index (χ1) is 8.56. The van der Waals surface area contributed by atoms with Crippen molar-refractivity contribution < 1.29 is 0 Å². The second kappa shape index (κ2) is 5.51. The number of hydrogen-bond acceptors (Lipinski definition) is 2. The van der Waals surface area contributed by atoms with Crippen LogP contribution in [0.4, 0.5) is 11.4 Å². The van der Waals surface area contributed by atoms with Crippen LogP contribution < -0.4 is 10.6 Å². The van der Waals surface area contributed by atoms with Gasteiger partial charge in [0.15, 0.2) is 0 Å². The van der Waals surface area contributed by atoms with Crippen LogP contribution in [0.1, 0.15) is 5.56 Å². The highest BCUT2D eigenvalue weighted by Crippen LogP contribution is 2.27. The van der Waals surface area contributed by atoms with E-state index in [9.17, 15) is 0 Å². The van der Waals surface area contributed by atoms with Crippen LogP contribution in [0, 0.1) is 0 Å². The average Bonchev–Trinajstić information content (AvgIpc) is 2.28. The molecule has 2 rings (SSSR count). The molecule has 0 aromatic heterocycles. The number of halogens is 2. The highest BCUT2D eigenvalue weighted by molar-refractivity contribution is 6.31. The number of anilines is 2. The molecule has 2 aromatic carbocycles. The van der Waals surface area contributed by atoms with E-state index in [1.807, 2.05) is 43.4 Å². The quantitative estimate of drug-likeness (QED) is 0.854. The number of benzene rings is 2. The molecule has 0 atom stereocenters. The van der Waals surface area contributed by atoms with Gasteiger partial charge in [-0.3, -0.25) is 0 Å². The van der Waals surface area contributed by atoms with Crippen LogP contribution in [0.5, 0.6) is 0 Å². The molecule has 4 heteroatoms. The Bertz CT molecular complexity index is 555. The van der Waals surface area contributed by atoms with Gasteiger partial charge in [-0.1, -0.05) is 35.3 Å². The summed E-state index contributed by atoms with van der Waals surface area (Å²) in [5.41, 5.74) is 8.72. The maximum Gasteiger partial charge on any atom is 0.0601 e. The largest absolute Gasteiger partial charge is 0.397 e. The summed E-state index contributed by atoms with van der Waals surface area (Å²) in [6, 6.07) is 13.3. The summed E-state index contributed by atoms with van der Waals surface area (Å²) in [5, 5.41) is 1.39. The summed E-state index contributed by atoms with van der Waals surface area (Å²) in [5.74, 6) is 0. The van der Waals surface area contributed by atoms with Crippen LogP contribution in [-0.2, 0) is 6.54 Å². The van der Waals surface area contributed by atoms with Gasteiger partial charge in [-0.25, -0.2) is 0 Å². The lowest BCUT2D eigenvalue weighted by atomic mass is 10.2. The first-order valence-corrected chi connectivity index (χ1v) is 6.32. The van der Waals surface area contributed by atoms with Crippen molar-refractivity contribution in [1.29, 1.82) is 0 Å². The van der Waals surface area contributed by atoms with E-state index in [2.05, 4.69) is 4.90 Å². The van der Waals surface area contributed by atoms with Gasteiger partial charge in [0, 0.05) is 23.6 Å². The fourth-order valence-corrected chi connectivity index (χ4v) is 2.26. The van der Waals surface area contributed by atoms with Crippen LogP contribution in [0.15, 0.2) is 42.5 Å². The minimum Gasteiger partial charge on any atom is -0.397 e. The predicted molar refractivity (Wildman–Crippen MR) is 79.4 cm³/mol. The van der Waals surface area contributed by atoms with Crippen molar-refractivity contribution in [3.8, 4) is 0 Å². The highest BCUT2D eigenvalue weighted by Gasteiger charge is 2.06.